The predicted octanol–water partition coefficient (Wildman–Crippen LogP) is 4.78. The molecule has 1 aromatic carbocycles. The van der Waals surface area contributed by atoms with E-state index in [0.29, 0.717) is 6.54 Å². The number of hydrogen-bond acceptors (Lipinski definition) is 3. The zero-order chi connectivity index (χ0) is 20.2. The molecule has 1 atom stereocenters. The summed E-state index contributed by atoms with van der Waals surface area (Å²) in [4.78, 5) is 16.8. The van der Waals surface area contributed by atoms with E-state index in [1.165, 1.54) is 23.3 Å². The van der Waals surface area contributed by atoms with E-state index in [2.05, 4.69) is 63.5 Å². The number of nitrogens with one attached hydrogen (secondary N) is 1. The van der Waals surface area contributed by atoms with Gasteiger partial charge in [0, 0.05) is 22.8 Å². The Morgan fingerprint density at radius 3 is 2.55 bits per heavy atom. The third-order valence-electron chi connectivity index (χ3n) is 5.93. The summed E-state index contributed by atoms with van der Waals surface area (Å²) >= 11 is 1.75. The minimum absolute atomic E-state index is 0.0238. The van der Waals surface area contributed by atoms with Crippen molar-refractivity contribution in [1.82, 2.24) is 14.8 Å². The van der Waals surface area contributed by atoms with E-state index < -0.39 is 0 Å². The second-order valence-electron chi connectivity index (χ2n) is 7.83. The maximum absolute atomic E-state index is 13.0. The summed E-state index contributed by atoms with van der Waals surface area (Å²) in [5.41, 5.74) is 4.22. The first-order valence-electron chi connectivity index (χ1n) is 10.4. The summed E-state index contributed by atoms with van der Waals surface area (Å²) in [6.07, 6.45) is 2.47. The Labute approximate surface area is 177 Å². The highest BCUT2D eigenvalue weighted by Gasteiger charge is 2.24. The van der Waals surface area contributed by atoms with Gasteiger partial charge in [-0.1, -0.05) is 36.4 Å². The number of likely N-dealkylation sites (tertiary alicyclic amines) is 1. The van der Waals surface area contributed by atoms with Crippen LogP contribution in [-0.2, 0) is 6.54 Å². The average molecular weight is 408 g/mol. The van der Waals surface area contributed by atoms with Gasteiger partial charge in [-0.15, -0.1) is 11.3 Å². The van der Waals surface area contributed by atoms with Crippen LogP contribution in [0.25, 0.3) is 0 Å². The van der Waals surface area contributed by atoms with Crippen LogP contribution < -0.4 is 5.32 Å². The second kappa shape index (κ2) is 8.97. The summed E-state index contributed by atoms with van der Waals surface area (Å²) < 4.78 is 2.23. The molecule has 1 amide bonds. The Morgan fingerprint density at radius 1 is 1.10 bits per heavy atom. The number of aryl methyl sites for hydroxylation is 1. The number of carbonyl (C=O) groups excluding carboxylic acids is 1. The van der Waals surface area contributed by atoms with E-state index in [1.807, 2.05) is 19.1 Å². The Balaban J connectivity index is 1.48. The third kappa shape index (κ3) is 4.46. The highest BCUT2D eigenvalue weighted by Crippen LogP contribution is 2.25. The number of thiophene rings is 1. The van der Waals surface area contributed by atoms with Crippen LogP contribution in [0.2, 0.25) is 0 Å². The molecule has 4 nitrogen and oxygen atoms in total. The van der Waals surface area contributed by atoms with Gasteiger partial charge in [0.1, 0.15) is 0 Å². The maximum Gasteiger partial charge on any atom is 0.253 e. The summed E-state index contributed by atoms with van der Waals surface area (Å²) in [7, 11) is 0. The average Bonchev–Trinajstić information content (AvgIpc) is 3.48. The van der Waals surface area contributed by atoms with Crippen molar-refractivity contribution in [2.24, 2.45) is 0 Å². The summed E-state index contributed by atoms with van der Waals surface area (Å²) in [5.74, 6) is 0.0238. The molecule has 0 radical (unpaired) electrons. The molecule has 1 N–H and O–H groups in total. The fraction of sp³-hybridized carbons (Fsp3) is 0.375. The molecule has 1 aliphatic heterocycles. The van der Waals surface area contributed by atoms with Gasteiger partial charge in [-0.2, -0.15) is 0 Å². The Kier molecular flexibility index (Phi) is 6.16. The predicted molar refractivity (Wildman–Crippen MR) is 120 cm³/mol. The molecule has 1 aliphatic rings. The molecule has 2 aromatic heterocycles. The van der Waals surface area contributed by atoms with Gasteiger partial charge in [0.15, 0.2) is 0 Å². The summed E-state index contributed by atoms with van der Waals surface area (Å²) in [6.45, 7) is 7.79. The van der Waals surface area contributed by atoms with E-state index in [4.69, 9.17) is 0 Å². The first-order chi connectivity index (χ1) is 14.1. The lowest BCUT2D eigenvalue weighted by Crippen LogP contribution is -2.37. The van der Waals surface area contributed by atoms with Crippen LogP contribution in [-0.4, -0.2) is 35.0 Å². The van der Waals surface area contributed by atoms with Crippen LogP contribution in [0.15, 0.2) is 53.9 Å². The summed E-state index contributed by atoms with van der Waals surface area (Å²) in [5, 5.41) is 5.32. The van der Waals surface area contributed by atoms with Crippen molar-refractivity contribution in [3.63, 3.8) is 0 Å². The molecule has 5 heteroatoms. The lowest BCUT2D eigenvalue weighted by atomic mass is 10.1. The highest BCUT2D eigenvalue weighted by molar-refractivity contribution is 7.09. The van der Waals surface area contributed by atoms with Crippen molar-refractivity contribution in [3.8, 4) is 0 Å². The Hall–Kier alpha value is -2.37. The minimum Gasteiger partial charge on any atom is -0.350 e. The topological polar surface area (TPSA) is 37.3 Å². The highest BCUT2D eigenvalue weighted by atomic mass is 32.1. The number of carbonyl (C=O) groups is 1. The van der Waals surface area contributed by atoms with Gasteiger partial charge >= 0.3 is 0 Å². The lowest BCUT2D eigenvalue weighted by Gasteiger charge is -2.28. The van der Waals surface area contributed by atoms with Crippen molar-refractivity contribution < 1.29 is 4.79 Å². The summed E-state index contributed by atoms with van der Waals surface area (Å²) in [6, 6.07) is 17.0. The molecule has 3 heterocycles. The van der Waals surface area contributed by atoms with Crippen LogP contribution in [0, 0.1) is 13.8 Å². The molecule has 152 valence electrons. The first-order valence-corrected chi connectivity index (χ1v) is 11.3. The van der Waals surface area contributed by atoms with Crippen molar-refractivity contribution >= 4 is 17.2 Å². The molecular weight excluding hydrogens is 378 g/mol. The molecule has 0 spiro atoms. The normalized spacial score (nSPS) is 15.5. The Bertz CT molecular complexity index is 940. The molecule has 1 unspecified atom stereocenters. The van der Waals surface area contributed by atoms with Crippen LogP contribution >= 0.6 is 11.3 Å². The number of hydrogen-bond donors (Lipinski definition) is 1. The molecule has 4 rings (SSSR count). The van der Waals surface area contributed by atoms with E-state index in [1.54, 1.807) is 11.3 Å². The van der Waals surface area contributed by atoms with Crippen LogP contribution in [0.4, 0.5) is 0 Å². The third-order valence-corrected chi connectivity index (χ3v) is 6.80. The molecule has 0 saturated carbocycles. The lowest BCUT2D eigenvalue weighted by molar-refractivity contribution is 0.0937. The molecule has 1 fully saturated rings. The van der Waals surface area contributed by atoms with Crippen LogP contribution in [0.5, 0.6) is 0 Å². The molecular formula is C24H29N3OS. The fourth-order valence-electron chi connectivity index (χ4n) is 4.30. The van der Waals surface area contributed by atoms with Crippen LogP contribution in [0.3, 0.4) is 0 Å². The van der Waals surface area contributed by atoms with Gasteiger partial charge in [-0.3, -0.25) is 9.69 Å². The van der Waals surface area contributed by atoms with Crippen molar-refractivity contribution in [3.05, 3.63) is 81.3 Å². The second-order valence-corrected chi connectivity index (χ2v) is 8.86. The van der Waals surface area contributed by atoms with Crippen molar-refractivity contribution in [1.29, 1.82) is 0 Å². The SMILES string of the molecule is Cc1cc(C(=O)NCC(c2ccccc2)N2CCCC2)c(C)n1Cc1cccs1. The molecule has 0 bridgehead atoms. The zero-order valence-corrected chi connectivity index (χ0v) is 18.0. The standard InChI is InChI=1S/C24H29N3OS/c1-18-15-22(19(2)27(18)17-21-11-8-14-29-21)24(28)25-16-23(26-12-6-7-13-26)20-9-4-3-5-10-20/h3-5,8-11,14-15,23H,6-7,12-13,16-17H2,1-2H3,(H,25,28). The molecule has 3 aromatic rings. The zero-order valence-electron chi connectivity index (χ0n) is 17.2. The van der Waals surface area contributed by atoms with E-state index in [0.717, 1.165) is 36.6 Å². The number of nitrogens with zero attached hydrogens (tertiary/aromatic N) is 2. The molecule has 0 aliphatic carbocycles. The van der Waals surface area contributed by atoms with Crippen molar-refractivity contribution in [2.75, 3.05) is 19.6 Å². The number of aromatic nitrogens is 1. The minimum atomic E-state index is 0.0238. The van der Waals surface area contributed by atoms with Gasteiger partial charge in [-0.05, 0) is 62.9 Å². The van der Waals surface area contributed by atoms with Gasteiger partial charge in [0.25, 0.3) is 5.91 Å². The molecule has 1 saturated heterocycles. The smallest absolute Gasteiger partial charge is 0.253 e. The first kappa shape index (κ1) is 19.9. The van der Waals surface area contributed by atoms with Crippen LogP contribution in [0.1, 0.15) is 51.1 Å². The number of amides is 1. The van der Waals surface area contributed by atoms with Gasteiger partial charge < -0.3 is 9.88 Å². The maximum atomic E-state index is 13.0. The van der Waals surface area contributed by atoms with E-state index >= 15 is 0 Å². The van der Waals surface area contributed by atoms with E-state index in [-0.39, 0.29) is 11.9 Å². The number of rotatable bonds is 7. The molecule has 29 heavy (non-hydrogen) atoms. The largest absolute Gasteiger partial charge is 0.350 e. The van der Waals surface area contributed by atoms with E-state index in [9.17, 15) is 4.79 Å². The Morgan fingerprint density at radius 2 is 1.86 bits per heavy atom. The fourth-order valence-corrected chi connectivity index (χ4v) is 5.00. The van der Waals surface area contributed by atoms with Crippen molar-refractivity contribution in [2.45, 2.75) is 39.3 Å². The van der Waals surface area contributed by atoms with Gasteiger partial charge in [0.2, 0.25) is 0 Å². The monoisotopic (exact) mass is 407 g/mol. The quantitative estimate of drug-likeness (QED) is 0.612. The number of benzene rings is 1. The van der Waals surface area contributed by atoms with Gasteiger partial charge in [0.05, 0.1) is 18.2 Å². The van der Waals surface area contributed by atoms with Gasteiger partial charge in [-0.25, -0.2) is 0 Å².